The van der Waals surface area contributed by atoms with Crippen LogP contribution in [0.4, 0.5) is 0 Å². The Kier molecular flexibility index (Phi) is 10.1. The maximum Gasteiger partial charge on any atom is 0.261 e. The molecule has 1 aliphatic rings. The minimum Gasteiger partial charge on any atom is -0.496 e. The van der Waals surface area contributed by atoms with Gasteiger partial charge in [-0.2, -0.15) is 0 Å². The van der Waals surface area contributed by atoms with Gasteiger partial charge in [0.2, 0.25) is 5.91 Å². The molecule has 2 aromatic rings. The number of hydrogen-bond acceptors (Lipinski definition) is 5. The molecule has 0 bridgehead atoms. The first-order chi connectivity index (χ1) is 16.9. The fraction of sp³-hybridized carbons (Fsp3) is 0.481. The Bertz CT molecular complexity index is 954. The van der Waals surface area contributed by atoms with Crippen LogP contribution in [0.3, 0.4) is 0 Å². The molecule has 1 atom stereocenters. The number of rotatable bonds is 11. The fourth-order valence-corrected chi connectivity index (χ4v) is 4.47. The molecule has 3 rings (SSSR count). The summed E-state index contributed by atoms with van der Waals surface area (Å²) in [6.45, 7) is 1.97. The lowest BCUT2D eigenvalue weighted by Crippen LogP contribution is -2.52. The maximum atomic E-state index is 13.4. The SMILES string of the molecule is CC[C@@H](C(=O)NC1CCCCC1)N(Cc1ccc(Cl)cc1)C(=O)COc1cc(OC)cc(OC)c1. The van der Waals surface area contributed by atoms with Crippen LogP contribution in [-0.4, -0.2) is 49.6 Å². The van der Waals surface area contributed by atoms with Gasteiger partial charge in [-0.1, -0.05) is 49.9 Å². The molecule has 0 aromatic heterocycles. The largest absolute Gasteiger partial charge is 0.496 e. The van der Waals surface area contributed by atoms with E-state index >= 15 is 0 Å². The number of amides is 2. The second-order valence-corrected chi connectivity index (χ2v) is 9.19. The lowest BCUT2D eigenvalue weighted by Gasteiger charge is -2.32. The number of methoxy groups -OCH3 is 2. The van der Waals surface area contributed by atoms with Crippen molar-refractivity contribution in [2.24, 2.45) is 0 Å². The molecular formula is C27H35ClN2O5. The van der Waals surface area contributed by atoms with Crippen LogP contribution in [0, 0.1) is 0 Å². The van der Waals surface area contributed by atoms with Crippen molar-refractivity contribution in [3.63, 3.8) is 0 Å². The Hall–Kier alpha value is -2.93. The Morgan fingerprint density at radius 3 is 2.17 bits per heavy atom. The van der Waals surface area contributed by atoms with Crippen LogP contribution in [0.5, 0.6) is 17.2 Å². The molecule has 1 saturated carbocycles. The lowest BCUT2D eigenvalue weighted by molar-refractivity contribution is -0.143. The Morgan fingerprint density at radius 2 is 1.60 bits per heavy atom. The topological polar surface area (TPSA) is 77.1 Å². The van der Waals surface area contributed by atoms with Gasteiger partial charge in [-0.05, 0) is 37.0 Å². The van der Waals surface area contributed by atoms with Gasteiger partial charge < -0.3 is 24.4 Å². The molecule has 35 heavy (non-hydrogen) atoms. The number of nitrogens with one attached hydrogen (secondary N) is 1. The maximum absolute atomic E-state index is 13.4. The molecule has 7 nitrogen and oxygen atoms in total. The highest BCUT2D eigenvalue weighted by atomic mass is 35.5. The van der Waals surface area contributed by atoms with E-state index in [-0.39, 0.29) is 31.0 Å². The third kappa shape index (κ3) is 7.79. The van der Waals surface area contributed by atoms with Gasteiger partial charge in [0.25, 0.3) is 5.91 Å². The second kappa shape index (κ2) is 13.2. The number of benzene rings is 2. The second-order valence-electron chi connectivity index (χ2n) is 8.75. The minimum absolute atomic E-state index is 0.121. The Morgan fingerprint density at radius 1 is 1.00 bits per heavy atom. The molecule has 0 aliphatic heterocycles. The molecule has 2 amide bonds. The minimum atomic E-state index is -0.608. The first-order valence-electron chi connectivity index (χ1n) is 12.1. The lowest BCUT2D eigenvalue weighted by atomic mass is 9.95. The van der Waals surface area contributed by atoms with Crippen molar-refractivity contribution in [2.75, 3.05) is 20.8 Å². The van der Waals surface area contributed by atoms with Crippen LogP contribution in [0.1, 0.15) is 51.0 Å². The van der Waals surface area contributed by atoms with E-state index in [1.807, 2.05) is 19.1 Å². The highest BCUT2D eigenvalue weighted by molar-refractivity contribution is 6.30. The molecule has 0 radical (unpaired) electrons. The van der Waals surface area contributed by atoms with Gasteiger partial charge in [0, 0.05) is 35.8 Å². The Labute approximate surface area is 212 Å². The van der Waals surface area contributed by atoms with Crippen LogP contribution in [0.2, 0.25) is 5.02 Å². The number of nitrogens with zero attached hydrogens (tertiary/aromatic N) is 1. The summed E-state index contributed by atoms with van der Waals surface area (Å²) in [5.41, 5.74) is 0.884. The van der Waals surface area contributed by atoms with Crippen LogP contribution < -0.4 is 19.5 Å². The third-order valence-corrected chi connectivity index (χ3v) is 6.54. The highest BCUT2D eigenvalue weighted by Crippen LogP contribution is 2.27. The van der Waals surface area contributed by atoms with Crippen molar-refractivity contribution in [2.45, 2.75) is 64.1 Å². The molecule has 0 spiro atoms. The zero-order valence-corrected chi connectivity index (χ0v) is 21.5. The average Bonchev–Trinajstić information content (AvgIpc) is 2.88. The van der Waals surface area contributed by atoms with Gasteiger partial charge in [-0.15, -0.1) is 0 Å². The quantitative estimate of drug-likeness (QED) is 0.468. The third-order valence-electron chi connectivity index (χ3n) is 6.29. The van der Waals surface area contributed by atoms with E-state index in [1.54, 1.807) is 49.5 Å². The van der Waals surface area contributed by atoms with Gasteiger partial charge in [0.15, 0.2) is 6.61 Å². The van der Waals surface area contributed by atoms with E-state index in [0.29, 0.717) is 28.7 Å². The first-order valence-corrected chi connectivity index (χ1v) is 12.5. The zero-order chi connectivity index (χ0) is 25.2. The summed E-state index contributed by atoms with van der Waals surface area (Å²) in [7, 11) is 3.10. The normalized spacial score (nSPS) is 14.6. The molecule has 0 heterocycles. The highest BCUT2D eigenvalue weighted by Gasteiger charge is 2.30. The molecule has 1 aliphatic carbocycles. The Balaban J connectivity index is 1.77. The van der Waals surface area contributed by atoms with Gasteiger partial charge in [-0.3, -0.25) is 9.59 Å². The summed E-state index contributed by atoms with van der Waals surface area (Å²) in [6.07, 6.45) is 5.89. The smallest absolute Gasteiger partial charge is 0.261 e. The molecular weight excluding hydrogens is 468 g/mol. The molecule has 0 saturated heterocycles. The molecule has 8 heteroatoms. The summed E-state index contributed by atoms with van der Waals surface area (Å²) in [6, 6.07) is 11.9. The average molecular weight is 503 g/mol. The van der Waals surface area contributed by atoms with E-state index in [2.05, 4.69) is 5.32 Å². The van der Waals surface area contributed by atoms with Gasteiger partial charge in [0.05, 0.1) is 14.2 Å². The van der Waals surface area contributed by atoms with Crippen molar-refractivity contribution in [3.05, 3.63) is 53.1 Å². The van der Waals surface area contributed by atoms with Gasteiger partial charge in [0.1, 0.15) is 23.3 Å². The summed E-state index contributed by atoms with van der Waals surface area (Å²) in [5, 5.41) is 3.79. The van der Waals surface area contributed by atoms with Crippen molar-refractivity contribution < 1.29 is 23.8 Å². The van der Waals surface area contributed by atoms with E-state index in [1.165, 1.54) is 6.42 Å². The van der Waals surface area contributed by atoms with Crippen LogP contribution in [0.15, 0.2) is 42.5 Å². The monoisotopic (exact) mass is 502 g/mol. The number of halogens is 1. The van der Waals surface area contributed by atoms with Crippen LogP contribution >= 0.6 is 11.6 Å². The number of ether oxygens (including phenoxy) is 3. The van der Waals surface area contributed by atoms with Crippen molar-refractivity contribution >= 4 is 23.4 Å². The zero-order valence-electron chi connectivity index (χ0n) is 20.7. The predicted octanol–water partition coefficient (Wildman–Crippen LogP) is 4.99. The number of carbonyl (C=O) groups excluding carboxylic acids is 2. The standard InChI is InChI=1S/C27H35ClN2O5/c1-4-25(27(32)29-21-8-6-5-7-9-21)30(17-19-10-12-20(28)13-11-19)26(31)18-35-24-15-22(33-2)14-23(16-24)34-3/h10-16,21,25H,4-9,17-18H2,1-3H3,(H,29,32)/t25-/m0/s1. The molecule has 1 fully saturated rings. The van der Waals surface area contributed by atoms with Crippen LogP contribution in [-0.2, 0) is 16.1 Å². The fourth-order valence-electron chi connectivity index (χ4n) is 4.34. The van der Waals surface area contributed by atoms with Crippen molar-refractivity contribution in [3.8, 4) is 17.2 Å². The summed E-state index contributed by atoms with van der Waals surface area (Å²) >= 11 is 6.04. The van der Waals surface area contributed by atoms with E-state index in [9.17, 15) is 9.59 Å². The first kappa shape index (κ1) is 26.7. The summed E-state index contributed by atoms with van der Waals surface area (Å²) in [5.74, 6) is 1.16. The van der Waals surface area contributed by atoms with Crippen molar-refractivity contribution in [1.29, 1.82) is 0 Å². The summed E-state index contributed by atoms with van der Waals surface area (Å²) < 4.78 is 16.4. The number of carbonyl (C=O) groups is 2. The van der Waals surface area contributed by atoms with E-state index < -0.39 is 6.04 Å². The van der Waals surface area contributed by atoms with E-state index in [4.69, 9.17) is 25.8 Å². The van der Waals surface area contributed by atoms with Crippen molar-refractivity contribution in [1.82, 2.24) is 10.2 Å². The molecule has 1 N–H and O–H groups in total. The predicted molar refractivity (Wildman–Crippen MR) is 136 cm³/mol. The number of hydrogen-bond donors (Lipinski definition) is 1. The summed E-state index contributed by atoms with van der Waals surface area (Å²) in [4.78, 5) is 28.3. The van der Waals surface area contributed by atoms with Gasteiger partial charge >= 0.3 is 0 Å². The molecule has 2 aromatic carbocycles. The van der Waals surface area contributed by atoms with E-state index in [0.717, 1.165) is 31.2 Å². The molecule has 0 unspecified atom stereocenters. The van der Waals surface area contributed by atoms with Gasteiger partial charge in [-0.25, -0.2) is 0 Å². The van der Waals surface area contributed by atoms with Crippen LogP contribution in [0.25, 0.3) is 0 Å². The molecule has 190 valence electrons.